The highest BCUT2D eigenvalue weighted by Crippen LogP contribution is 2.27. The van der Waals surface area contributed by atoms with Gasteiger partial charge < -0.3 is 10.0 Å². The fourth-order valence-electron chi connectivity index (χ4n) is 2.12. The molecule has 0 spiro atoms. The second kappa shape index (κ2) is 7.06. The third-order valence-electron chi connectivity index (χ3n) is 2.88. The average molecular weight is 294 g/mol. The molecule has 0 aliphatic carbocycles. The molecule has 1 amide bonds. The van der Waals surface area contributed by atoms with Gasteiger partial charge in [-0.3, -0.25) is 14.9 Å². The number of hydrogen-bond acceptors (Lipinski definition) is 4. The van der Waals surface area contributed by atoms with Crippen LogP contribution in [0, 0.1) is 22.0 Å². The standard InChI is InChI=1S/C15H22N2O4/c1-10(2)8-16(9-11(3)4)15(19)12-5-6-13(17(20)21)14(18)7-12/h5-7,10-11,18H,8-9H2,1-4H3. The second-order valence-electron chi connectivity index (χ2n) is 5.96. The van der Waals surface area contributed by atoms with Crippen molar-refractivity contribution in [2.24, 2.45) is 11.8 Å². The summed E-state index contributed by atoms with van der Waals surface area (Å²) in [5.41, 5.74) is -0.134. The Hall–Kier alpha value is -2.11. The molecule has 1 N–H and O–H groups in total. The number of aromatic hydroxyl groups is 1. The van der Waals surface area contributed by atoms with Crippen molar-refractivity contribution in [1.82, 2.24) is 4.90 Å². The summed E-state index contributed by atoms with van der Waals surface area (Å²) in [4.78, 5) is 24.2. The van der Waals surface area contributed by atoms with Crippen LogP contribution < -0.4 is 0 Å². The molecule has 0 bridgehead atoms. The molecule has 0 heterocycles. The molecule has 0 fully saturated rings. The van der Waals surface area contributed by atoms with Gasteiger partial charge in [0.05, 0.1) is 4.92 Å². The van der Waals surface area contributed by atoms with Crippen molar-refractivity contribution in [2.75, 3.05) is 13.1 Å². The highest BCUT2D eigenvalue weighted by Gasteiger charge is 2.21. The van der Waals surface area contributed by atoms with Crippen LogP contribution in [0.2, 0.25) is 0 Å². The van der Waals surface area contributed by atoms with Gasteiger partial charge in [0.1, 0.15) is 0 Å². The van der Waals surface area contributed by atoms with Crippen LogP contribution in [0.1, 0.15) is 38.1 Å². The minimum atomic E-state index is -0.677. The molecule has 0 saturated heterocycles. The van der Waals surface area contributed by atoms with Gasteiger partial charge in [0, 0.05) is 24.7 Å². The van der Waals surface area contributed by atoms with Crippen molar-refractivity contribution in [2.45, 2.75) is 27.7 Å². The molecule has 0 aliphatic rings. The molecular weight excluding hydrogens is 272 g/mol. The van der Waals surface area contributed by atoms with Crippen LogP contribution in [0.5, 0.6) is 5.75 Å². The van der Waals surface area contributed by atoms with Crippen molar-refractivity contribution in [3.05, 3.63) is 33.9 Å². The van der Waals surface area contributed by atoms with Gasteiger partial charge in [0.15, 0.2) is 5.75 Å². The normalized spacial score (nSPS) is 11.0. The summed E-state index contributed by atoms with van der Waals surface area (Å²) in [6.45, 7) is 9.30. The summed E-state index contributed by atoms with van der Waals surface area (Å²) in [6.07, 6.45) is 0. The number of nitro groups is 1. The van der Waals surface area contributed by atoms with E-state index in [0.717, 1.165) is 12.1 Å². The summed E-state index contributed by atoms with van der Waals surface area (Å²) >= 11 is 0. The number of phenols is 1. The Bertz CT molecular complexity index is 516. The zero-order chi connectivity index (χ0) is 16.2. The van der Waals surface area contributed by atoms with E-state index < -0.39 is 16.4 Å². The van der Waals surface area contributed by atoms with E-state index in [1.54, 1.807) is 4.90 Å². The zero-order valence-electron chi connectivity index (χ0n) is 12.9. The molecule has 116 valence electrons. The molecule has 1 aromatic carbocycles. The minimum Gasteiger partial charge on any atom is -0.502 e. The lowest BCUT2D eigenvalue weighted by Crippen LogP contribution is -2.37. The van der Waals surface area contributed by atoms with Crippen LogP contribution in [0.25, 0.3) is 0 Å². The van der Waals surface area contributed by atoms with Crippen LogP contribution in [-0.4, -0.2) is 33.9 Å². The number of amides is 1. The molecule has 0 aliphatic heterocycles. The zero-order valence-corrected chi connectivity index (χ0v) is 12.9. The van der Waals surface area contributed by atoms with E-state index in [1.165, 1.54) is 6.07 Å². The van der Waals surface area contributed by atoms with E-state index in [1.807, 2.05) is 27.7 Å². The summed E-state index contributed by atoms with van der Waals surface area (Å²) in [6, 6.07) is 3.70. The topological polar surface area (TPSA) is 83.7 Å². The van der Waals surface area contributed by atoms with Gasteiger partial charge in [-0.1, -0.05) is 27.7 Å². The molecule has 1 aromatic rings. The van der Waals surface area contributed by atoms with Crippen molar-refractivity contribution in [3.8, 4) is 5.75 Å². The van der Waals surface area contributed by atoms with Gasteiger partial charge in [-0.25, -0.2) is 0 Å². The highest BCUT2D eigenvalue weighted by molar-refractivity contribution is 5.95. The number of carbonyl (C=O) groups is 1. The first-order chi connectivity index (χ1) is 9.72. The lowest BCUT2D eigenvalue weighted by Gasteiger charge is -2.26. The second-order valence-corrected chi connectivity index (χ2v) is 5.96. The Morgan fingerprint density at radius 3 is 2.14 bits per heavy atom. The van der Waals surface area contributed by atoms with Gasteiger partial charge in [0.2, 0.25) is 0 Å². The number of rotatable bonds is 6. The van der Waals surface area contributed by atoms with Crippen LogP contribution in [0.4, 0.5) is 5.69 Å². The summed E-state index contributed by atoms with van der Waals surface area (Å²) in [5.74, 6) is -0.0683. The van der Waals surface area contributed by atoms with Crippen LogP contribution in [-0.2, 0) is 0 Å². The van der Waals surface area contributed by atoms with E-state index in [2.05, 4.69) is 0 Å². The molecule has 0 atom stereocenters. The van der Waals surface area contributed by atoms with Crippen LogP contribution in [0.3, 0.4) is 0 Å². The van der Waals surface area contributed by atoms with Gasteiger partial charge >= 0.3 is 5.69 Å². The van der Waals surface area contributed by atoms with Crippen molar-refractivity contribution in [1.29, 1.82) is 0 Å². The monoisotopic (exact) mass is 294 g/mol. The smallest absolute Gasteiger partial charge is 0.310 e. The Balaban J connectivity index is 3.03. The third kappa shape index (κ3) is 4.73. The maximum atomic E-state index is 12.5. The molecule has 6 nitrogen and oxygen atoms in total. The number of nitrogens with zero attached hydrogens (tertiary/aromatic N) is 2. The molecule has 1 rings (SSSR count). The molecule has 6 heteroatoms. The molecule has 21 heavy (non-hydrogen) atoms. The molecule has 0 aromatic heterocycles. The SMILES string of the molecule is CC(C)CN(CC(C)C)C(=O)c1ccc([N+](=O)[O-])c(O)c1. The Morgan fingerprint density at radius 2 is 1.76 bits per heavy atom. The summed E-state index contributed by atoms with van der Waals surface area (Å²) in [5, 5.41) is 20.3. The number of benzene rings is 1. The first kappa shape index (κ1) is 16.9. The fraction of sp³-hybridized carbons (Fsp3) is 0.533. The third-order valence-corrected chi connectivity index (χ3v) is 2.88. The summed E-state index contributed by atoms with van der Waals surface area (Å²) < 4.78 is 0. The largest absolute Gasteiger partial charge is 0.502 e. The summed E-state index contributed by atoms with van der Waals surface area (Å²) in [7, 11) is 0. The minimum absolute atomic E-state index is 0.220. The predicted molar refractivity (Wildman–Crippen MR) is 80.3 cm³/mol. The van der Waals surface area contributed by atoms with Gasteiger partial charge in [-0.15, -0.1) is 0 Å². The van der Waals surface area contributed by atoms with E-state index in [4.69, 9.17) is 0 Å². The lowest BCUT2D eigenvalue weighted by atomic mass is 10.1. The molecule has 0 unspecified atom stereocenters. The highest BCUT2D eigenvalue weighted by atomic mass is 16.6. The number of phenolic OH excluding ortho intramolecular Hbond substituents is 1. The quantitative estimate of drug-likeness (QED) is 0.645. The van der Waals surface area contributed by atoms with Crippen LogP contribution >= 0.6 is 0 Å². The Morgan fingerprint density at radius 1 is 1.24 bits per heavy atom. The Kier molecular flexibility index (Phi) is 5.69. The number of carbonyl (C=O) groups excluding carboxylic acids is 1. The maximum Gasteiger partial charge on any atom is 0.310 e. The molecule has 0 radical (unpaired) electrons. The number of nitro benzene ring substituents is 1. The predicted octanol–water partition coefficient (Wildman–Crippen LogP) is 3.05. The van der Waals surface area contributed by atoms with Crippen molar-refractivity contribution < 1.29 is 14.8 Å². The Labute approximate surface area is 124 Å². The fourth-order valence-corrected chi connectivity index (χ4v) is 2.12. The number of hydrogen-bond donors (Lipinski definition) is 1. The van der Waals surface area contributed by atoms with Crippen molar-refractivity contribution in [3.63, 3.8) is 0 Å². The average Bonchev–Trinajstić information content (AvgIpc) is 2.35. The van der Waals surface area contributed by atoms with E-state index in [0.29, 0.717) is 24.9 Å². The van der Waals surface area contributed by atoms with Crippen LogP contribution in [0.15, 0.2) is 18.2 Å². The molecule has 0 saturated carbocycles. The lowest BCUT2D eigenvalue weighted by molar-refractivity contribution is -0.385. The maximum absolute atomic E-state index is 12.5. The van der Waals surface area contributed by atoms with Gasteiger partial charge in [0.25, 0.3) is 5.91 Å². The van der Waals surface area contributed by atoms with Gasteiger partial charge in [-0.05, 0) is 24.0 Å². The first-order valence-corrected chi connectivity index (χ1v) is 6.99. The van der Waals surface area contributed by atoms with E-state index in [-0.39, 0.29) is 11.5 Å². The van der Waals surface area contributed by atoms with Gasteiger partial charge in [-0.2, -0.15) is 0 Å². The first-order valence-electron chi connectivity index (χ1n) is 6.99. The molecular formula is C15H22N2O4. The van der Waals surface area contributed by atoms with Crippen molar-refractivity contribution >= 4 is 11.6 Å². The van der Waals surface area contributed by atoms with E-state index >= 15 is 0 Å². The van der Waals surface area contributed by atoms with E-state index in [9.17, 15) is 20.0 Å².